The van der Waals surface area contributed by atoms with Crippen LogP contribution in [0.5, 0.6) is 5.75 Å². The molecule has 1 aromatic carbocycles. The summed E-state index contributed by atoms with van der Waals surface area (Å²) in [6.07, 6.45) is 2.68. The average molecular weight is 261 g/mol. The van der Waals surface area contributed by atoms with Gasteiger partial charge in [0, 0.05) is 12.8 Å². The van der Waals surface area contributed by atoms with Crippen molar-refractivity contribution >= 4 is 23.2 Å². The normalized spacial score (nSPS) is 16.6. The molecule has 0 radical (unpaired) electrons. The van der Waals surface area contributed by atoms with E-state index in [1.165, 1.54) is 25.9 Å². The summed E-state index contributed by atoms with van der Waals surface area (Å²) in [5, 5.41) is 1.06. The van der Waals surface area contributed by atoms with Gasteiger partial charge in [-0.1, -0.05) is 29.3 Å². The molecule has 1 N–H and O–H groups in total. The SMILES string of the molecule is Clc1cccc(OCC[NH+]2CCCC2)c1Cl. The molecule has 0 unspecified atom stereocenters. The van der Waals surface area contributed by atoms with E-state index in [4.69, 9.17) is 27.9 Å². The fourth-order valence-electron chi connectivity index (χ4n) is 2.03. The van der Waals surface area contributed by atoms with Crippen LogP contribution in [0.15, 0.2) is 18.2 Å². The van der Waals surface area contributed by atoms with Gasteiger partial charge in [-0.15, -0.1) is 0 Å². The van der Waals surface area contributed by atoms with E-state index in [2.05, 4.69) is 0 Å². The number of hydrogen-bond donors (Lipinski definition) is 1. The number of hydrogen-bond acceptors (Lipinski definition) is 1. The van der Waals surface area contributed by atoms with Crippen LogP contribution in [0.2, 0.25) is 10.0 Å². The van der Waals surface area contributed by atoms with Crippen molar-refractivity contribution < 1.29 is 9.64 Å². The van der Waals surface area contributed by atoms with Gasteiger partial charge in [-0.2, -0.15) is 0 Å². The van der Waals surface area contributed by atoms with Crippen LogP contribution < -0.4 is 9.64 Å². The lowest BCUT2D eigenvalue weighted by Gasteiger charge is -2.13. The zero-order valence-corrected chi connectivity index (χ0v) is 10.7. The molecule has 0 spiro atoms. The van der Waals surface area contributed by atoms with Crippen LogP contribution >= 0.6 is 23.2 Å². The standard InChI is InChI=1S/C12H15Cl2NO/c13-10-4-3-5-11(12(10)14)16-9-8-15-6-1-2-7-15/h3-5H,1-2,6-9H2/p+1. The number of ether oxygens (including phenoxy) is 1. The summed E-state index contributed by atoms with van der Waals surface area (Å²) >= 11 is 11.9. The average Bonchev–Trinajstić information content (AvgIpc) is 2.77. The van der Waals surface area contributed by atoms with Gasteiger partial charge in [-0.25, -0.2) is 0 Å². The van der Waals surface area contributed by atoms with E-state index in [0.717, 1.165) is 6.54 Å². The summed E-state index contributed by atoms with van der Waals surface area (Å²) in [5.74, 6) is 0.688. The molecule has 1 fully saturated rings. The monoisotopic (exact) mass is 260 g/mol. The number of halogens is 2. The number of nitrogens with one attached hydrogen (secondary N) is 1. The van der Waals surface area contributed by atoms with Crippen LogP contribution in [0.1, 0.15) is 12.8 Å². The first kappa shape index (κ1) is 12.0. The smallest absolute Gasteiger partial charge is 0.139 e. The van der Waals surface area contributed by atoms with Crippen molar-refractivity contribution in [3.05, 3.63) is 28.2 Å². The molecule has 16 heavy (non-hydrogen) atoms. The van der Waals surface area contributed by atoms with Gasteiger partial charge in [-0.05, 0) is 12.1 Å². The van der Waals surface area contributed by atoms with Crippen LogP contribution in [-0.2, 0) is 0 Å². The Hall–Kier alpha value is -0.440. The van der Waals surface area contributed by atoms with Crippen LogP contribution in [0.25, 0.3) is 0 Å². The van der Waals surface area contributed by atoms with Crippen LogP contribution in [0, 0.1) is 0 Å². The minimum atomic E-state index is 0.514. The molecule has 1 aromatic rings. The lowest BCUT2D eigenvalue weighted by Crippen LogP contribution is -3.10. The zero-order valence-electron chi connectivity index (χ0n) is 9.14. The largest absolute Gasteiger partial charge is 0.486 e. The molecule has 0 amide bonds. The molecule has 0 saturated carbocycles. The Bertz CT molecular complexity index is 351. The van der Waals surface area contributed by atoms with E-state index in [9.17, 15) is 0 Å². The summed E-state index contributed by atoms with van der Waals surface area (Å²) in [5.41, 5.74) is 0. The first-order chi connectivity index (χ1) is 7.77. The van der Waals surface area contributed by atoms with Gasteiger partial charge in [0.25, 0.3) is 0 Å². The van der Waals surface area contributed by atoms with Crippen LogP contribution in [0.3, 0.4) is 0 Å². The fourth-order valence-corrected chi connectivity index (χ4v) is 2.37. The minimum Gasteiger partial charge on any atom is -0.486 e. The Balaban J connectivity index is 1.82. The topological polar surface area (TPSA) is 13.7 Å². The lowest BCUT2D eigenvalue weighted by atomic mass is 10.3. The van der Waals surface area contributed by atoms with Gasteiger partial charge in [0.1, 0.15) is 23.9 Å². The van der Waals surface area contributed by atoms with Gasteiger partial charge in [0.05, 0.1) is 18.1 Å². The van der Waals surface area contributed by atoms with Crippen LogP contribution in [0.4, 0.5) is 0 Å². The van der Waals surface area contributed by atoms with E-state index >= 15 is 0 Å². The number of quaternary nitrogens is 1. The summed E-state index contributed by atoms with van der Waals surface area (Å²) in [6, 6.07) is 5.47. The van der Waals surface area contributed by atoms with Gasteiger partial charge < -0.3 is 9.64 Å². The van der Waals surface area contributed by atoms with Crippen molar-refractivity contribution in [1.29, 1.82) is 0 Å². The second-order valence-corrected chi connectivity index (χ2v) is 4.89. The van der Waals surface area contributed by atoms with E-state index < -0.39 is 0 Å². The molecule has 2 rings (SSSR count). The van der Waals surface area contributed by atoms with Gasteiger partial charge in [-0.3, -0.25) is 0 Å². The molecule has 1 aliphatic rings. The third-order valence-corrected chi connectivity index (χ3v) is 3.74. The molecule has 1 heterocycles. The molecule has 1 aliphatic heterocycles. The predicted molar refractivity (Wildman–Crippen MR) is 66.8 cm³/mol. The third-order valence-electron chi connectivity index (χ3n) is 2.94. The quantitative estimate of drug-likeness (QED) is 0.875. The number of rotatable bonds is 4. The fraction of sp³-hybridized carbons (Fsp3) is 0.500. The summed E-state index contributed by atoms with van der Waals surface area (Å²) in [4.78, 5) is 1.62. The molecule has 1 saturated heterocycles. The molecule has 88 valence electrons. The van der Waals surface area contributed by atoms with E-state index in [-0.39, 0.29) is 0 Å². The van der Waals surface area contributed by atoms with E-state index in [0.29, 0.717) is 22.4 Å². The Kier molecular flexibility index (Phi) is 4.33. The highest BCUT2D eigenvalue weighted by Crippen LogP contribution is 2.31. The van der Waals surface area contributed by atoms with Crippen molar-refractivity contribution in [3.8, 4) is 5.75 Å². The maximum Gasteiger partial charge on any atom is 0.139 e. The van der Waals surface area contributed by atoms with Crippen molar-refractivity contribution in [3.63, 3.8) is 0 Å². The first-order valence-electron chi connectivity index (χ1n) is 5.68. The molecule has 0 aliphatic carbocycles. The highest BCUT2D eigenvalue weighted by Gasteiger charge is 2.15. The molecule has 4 heteroatoms. The Labute approximate surface area is 106 Å². The number of likely N-dealkylation sites (tertiary alicyclic amines) is 1. The van der Waals surface area contributed by atoms with Crippen LogP contribution in [-0.4, -0.2) is 26.2 Å². The number of benzene rings is 1. The van der Waals surface area contributed by atoms with Gasteiger partial charge >= 0.3 is 0 Å². The zero-order chi connectivity index (χ0) is 11.4. The van der Waals surface area contributed by atoms with Crippen molar-refractivity contribution in [2.45, 2.75) is 12.8 Å². The lowest BCUT2D eigenvalue weighted by molar-refractivity contribution is -0.887. The van der Waals surface area contributed by atoms with Gasteiger partial charge in [0.2, 0.25) is 0 Å². The van der Waals surface area contributed by atoms with E-state index in [1.807, 2.05) is 12.1 Å². The van der Waals surface area contributed by atoms with Crippen molar-refractivity contribution in [2.24, 2.45) is 0 Å². The summed E-state index contributed by atoms with van der Waals surface area (Å²) < 4.78 is 5.64. The highest BCUT2D eigenvalue weighted by atomic mass is 35.5. The highest BCUT2D eigenvalue weighted by molar-refractivity contribution is 6.42. The predicted octanol–water partition coefficient (Wildman–Crippen LogP) is 2.05. The summed E-state index contributed by atoms with van der Waals surface area (Å²) in [6.45, 7) is 4.29. The minimum absolute atomic E-state index is 0.514. The molecule has 0 aromatic heterocycles. The maximum atomic E-state index is 6.02. The van der Waals surface area contributed by atoms with Crippen molar-refractivity contribution in [1.82, 2.24) is 0 Å². The Morgan fingerprint density at radius 3 is 2.69 bits per heavy atom. The second kappa shape index (κ2) is 5.76. The maximum absolute atomic E-state index is 6.02. The molecule has 0 atom stereocenters. The second-order valence-electron chi connectivity index (χ2n) is 4.11. The van der Waals surface area contributed by atoms with Gasteiger partial charge in [0.15, 0.2) is 0 Å². The Morgan fingerprint density at radius 2 is 1.94 bits per heavy atom. The van der Waals surface area contributed by atoms with Crippen molar-refractivity contribution in [2.75, 3.05) is 26.2 Å². The molecular formula is C12H16Cl2NO+. The van der Waals surface area contributed by atoms with E-state index in [1.54, 1.807) is 11.0 Å². The molecule has 0 bridgehead atoms. The third kappa shape index (κ3) is 3.03. The summed E-state index contributed by atoms with van der Waals surface area (Å²) in [7, 11) is 0. The molecule has 2 nitrogen and oxygen atoms in total. The first-order valence-corrected chi connectivity index (χ1v) is 6.43. The molecular weight excluding hydrogens is 245 g/mol. The Morgan fingerprint density at radius 1 is 1.19 bits per heavy atom.